The first-order valence-electron chi connectivity index (χ1n) is 5.95. The highest BCUT2D eigenvalue weighted by atomic mass is 79.9. The van der Waals surface area contributed by atoms with Crippen molar-refractivity contribution in [2.24, 2.45) is 0 Å². The highest BCUT2D eigenvalue weighted by molar-refractivity contribution is 9.10. The molecule has 0 spiro atoms. The molecule has 0 fully saturated rings. The van der Waals surface area contributed by atoms with Crippen LogP contribution in [0.3, 0.4) is 0 Å². The monoisotopic (exact) mass is 354 g/mol. The van der Waals surface area contributed by atoms with Crippen LogP contribution in [0, 0.1) is 13.8 Å². The second-order valence-electron chi connectivity index (χ2n) is 4.54. The van der Waals surface area contributed by atoms with E-state index in [-0.39, 0.29) is 4.90 Å². The summed E-state index contributed by atoms with van der Waals surface area (Å²) in [4.78, 5) is 0.174. The lowest BCUT2D eigenvalue weighted by molar-refractivity contribution is 0.600. The molecule has 6 heteroatoms. The zero-order valence-electron chi connectivity index (χ0n) is 11.1. The molecular weight excluding hydrogens is 340 g/mol. The molecule has 2 rings (SSSR count). The molecule has 0 aliphatic heterocycles. The van der Waals surface area contributed by atoms with Crippen LogP contribution in [0.2, 0.25) is 0 Å². The molecule has 0 radical (unpaired) electrons. The zero-order chi connectivity index (χ0) is 14.9. The van der Waals surface area contributed by atoms with E-state index in [9.17, 15) is 8.42 Å². The number of nitrogens with one attached hydrogen (secondary N) is 1. The second-order valence-corrected chi connectivity index (χ2v) is 7.11. The van der Waals surface area contributed by atoms with Crippen LogP contribution >= 0.6 is 15.9 Å². The molecule has 2 aromatic carbocycles. The first-order valence-corrected chi connectivity index (χ1v) is 8.23. The Hall–Kier alpha value is -1.53. The van der Waals surface area contributed by atoms with Crippen molar-refractivity contribution < 1.29 is 8.42 Å². The first kappa shape index (κ1) is 14.9. The lowest BCUT2D eigenvalue weighted by Gasteiger charge is -2.13. The first-order chi connectivity index (χ1) is 9.31. The summed E-state index contributed by atoms with van der Waals surface area (Å²) in [7, 11) is -3.67. The average Bonchev–Trinajstić information content (AvgIpc) is 2.36. The van der Waals surface area contributed by atoms with Crippen molar-refractivity contribution in [1.29, 1.82) is 0 Å². The SMILES string of the molecule is Cc1ccccc1NS(=O)(=O)c1cc(Br)cc(N)c1C. The fourth-order valence-electron chi connectivity index (χ4n) is 1.84. The van der Waals surface area contributed by atoms with Gasteiger partial charge in [0.15, 0.2) is 0 Å². The summed E-state index contributed by atoms with van der Waals surface area (Å²) >= 11 is 3.27. The summed E-state index contributed by atoms with van der Waals surface area (Å²) < 4.78 is 28.2. The van der Waals surface area contributed by atoms with Gasteiger partial charge in [-0.3, -0.25) is 4.72 Å². The minimum absolute atomic E-state index is 0.174. The van der Waals surface area contributed by atoms with Crippen LogP contribution in [0.5, 0.6) is 0 Å². The quantitative estimate of drug-likeness (QED) is 0.829. The number of rotatable bonds is 3. The molecule has 0 aliphatic carbocycles. The fraction of sp³-hybridized carbons (Fsp3) is 0.143. The lowest BCUT2D eigenvalue weighted by Crippen LogP contribution is -2.15. The Morgan fingerprint density at radius 3 is 2.45 bits per heavy atom. The van der Waals surface area contributed by atoms with Crippen molar-refractivity contribution in [3.63, 3.8) is 0 Å². The number of para-hydroxylation sites is 1. The smallest absolute Gasteiger partial charge is 0.262 e. The van der Waals surface area contributed by atoms with Gasteiger partial charge in [-0.1, -0.05) is 34.1 Å². The summed E-state index contributed by atoms with van der Waals surface area (Å²) in [6.45, 7) is 3.54. The van der Waals surface area contributed by atoms with Crippen molar-refractivity contribution in [2.45, 2.75) is 18.7 Å². The molecule has 0 saturated heterocycles. The van der Waals surface area contributed by atoms with Crippen LogP contribution < -0.4 is 10.5 Å². The molecule has 3 N–H and O–H groups in total. The average molecular weight is 355 g/mol. The van der Waals surface area contributed by atoms with Crippen molar-refractivity contribution in [1.82, 2.24) is 0 Å². The second kappa shape index (κ2) is 5.46. The highest BCUT2D eigenvalue weighted by Crippen LogP contribution is 2.28. The maximum atomic E-state index is 12.5. The molecule has 4 nitrogen and oxygen atoms in total. The topological polar surface area (TPSA) is 72.2 Å². The maximum Gasteiger partial charge on any atom is 0.262 e. The lowest BCUT2D eigenvalue weighted by atomic mass is 10.2. The van der Waals surface area contributed by atoms with Crippen LogP contribution in [0.1, 0.15) is 11.1 Å². The van der Waals surface area contributed by atoms with Gasteiger partial charge < -0.3 is 5.73 Å². The zero-order valence-corrected chi connectivity index (χ0v) is 13.5. The van der Waals surface area contributed by atoms with E-state index in [1.807, 2.05) is 19.1 Å². The highest BCUT2D eigenvalue weighted by Gasteiger charge is 2.19. The number of halogens is 1. The number of benzene rings is 2. The van der Waals surface area contributed by atoms with E-state index in [2.05, 4.69) is 20.7 Å². The molecule has 20 heavy (non-hydrogen) atoms. The molecule has 0 saturated carbocycles. The number of hydrogen-bond acceptors (Lipinski definition) is 3. The predicted octanol–water partition coefficient (Wildman–Crippen LogP) is 3.45. The third kappa shape index (κ3) is 2.96. The van der Waals surface area contributed by atoms with Gasteiger partial charge in [-0.05, 0) is 43.2 Å². The van der Waals surface area contributed by atoms with Gasteiger partial charge in [-0.15, -0.1) is 0 Å². The summed E-state index contributed by atoms with van der Waals surface area (Å²) in [5.74, 6) is 0. The molecule has 106 valence electrons. The number of hydrogen-bond donors (Lipinski definition) is 2. The van der Waals surface area contributed by atoms with Gasteiger partial charge in [0.2, 0.25) is 0 Å². The van der Waals surface area contributed by atoms with Crippen LogP contribution in [0.25, 0.3) is 0 Å². The Morgan fingerprint density at radius 1 is 1.15 bits per heavy atom. The number of anilines is 2. The van der Waals surface area contributed by atoms with Gasteiger partial charge >= 0.3 is 0 Å². The molecule has 0 aliphatic rings. The molecule has 0 atom stereocenters. The third-order valence-corrected chi connectivity index (χ3v) is 4.99. The van der Waals surface area contributed by atoms with E-state index in [1.165, 1.54) is 0 Å². The minimum atomic E-state index is -3.67. The molecule has 0 aromatic heterocycles. The molecule has 2 aromatic rings. The Labute approximate surface area is 127 Å². The van der Waals surface area contributed by atoms with Crippen molar-refractivity contribution in [3.8, 4) is 0 Å². The van der Waals surface area contributed by atoms with Crippen LogP contribution in [-0.4, -0.2) is 8.42 Å². The summed E-state index contributed by atoms with van der Waals surface area (Å²) in [5.41, 5.74) is 8.21. The maximum absolute atomic E-state index is 12.5. The van der Waals surface area contributed by atoms with E-state index in [0.29, 0.717) is 21.4 Å². The van der Waals surface area contributed by atoms with Gasteiger partial charge in [0.25, 0.3) is 10.0 Å². The molecule has 0 heterocycles. The Morgan fingerprint density at radius 2 is 1.80 bits per heavy atom. The van der Waals surface area contributed by atoms with Gasteiger partial charge in [-0.25, -0.2) is 8.42 Å². The van der Waals surface area contributed by atoms with Crippen molar-refractivity contribution >= 4 is 37.3 Å². The largest absolute Gasteiger partial charge is 0.398 e. The molecule has 0 amide bonds. The van der Waals surface area contributed by atoms with E-state index < -0.39 is 10.0 Å². The number of nitrogen functional groups attached to an aromatic ring is 1. The number of nitrogens with two attached hydrogens (primary N) is 1. The molecular formula is C14H15BrN2O2S. The summed E-state index contributed by atoms with van der Waals surface area (Å²) in [6, 6.07) is 10.4. The standard InChI is InChI=1S/C14H15BrN2O2S/c1-9-5-3-4-6-13(9)17-20(18,19)14-8-11(15)7-12(16)10(14)2/h3-8,17H,16H2,1-2H3. The van der Waals surface area contributed by atoms with E-state index >= 15 is 0 Å². The van der Waals surface area contributed by atoms with Crippen molar-refractivity contribution in [3.05, 3.63) is 52.0 Å². The summed E-state index contributed by atoms with van der Waals surface area (Å²) in [6.07, 6.45) is 0. The normalized spacial score (nSPS) is 11.3. The molecule has 0 unspecified atom stereocenters. The third-order valence-electron chi connectivity index (χ3n) is 3.04. The van der Waals surface area contributed by atoms with E-state index in [1.54, 1.807) is 31.2 Å². The van der Waals surface area contributed by atoms with E-state index in [4.69, 9.17) is 5.73 Å². The van der Waals surface area contributed by atoms with Crippen LogP contribution in [0.4, 0.5) is 11.4 Å². The van der Waals surface area contributed by atoms with Crippen LogP contribution in [-0.2, 0) is 10.0 Å². The Balaban J connectivity index is 2.49. The number of sulfonamides is 1. The van der Waals surface area contributed by atoms with Gasteiger partial charge in [0, 0.05) is 10.2 Å². The van der Waals surface area contributed by atoms with Crippen molar-refractivity contribution in [2.75, 3.05) is 10.5 Å². The number of aryl methyl sites for hydroxylation is 1. The van der Waals surface area contributed by atoms with Gasteiger partial charge in [0.05, 0.1) is 10.6 Å². The van der Waals surface area contributed by atoms with Gasteiger partial charge in [-0.2, -0.15) is 0 Å². The Kier molecular flexibility index (Phi) is 4.06. The fourth-order valence-corrected chi connectivity index (χ4v) is 3.90. The van der Waals surface area contributed by atoms with Gasteiger partial charge in [0.1, 0.15) is 0 Å². The minimum Gasteiger partial charge on any atom is -0.398 e. The molecule has 0 bridgehead atoms. The Bertz CT molecular complexity index is 758. The van der Waals surface area contributed by atoms with Crippen LogP contribution in [0.15, 0.2) is 45.8 Å². The van der Waals surface area contributed by atoms with E-state index in [0.717, 1.165) is 5.56 Å². The summed E-state index contributed by atoms with van der Waals surface area (Å²) in [5, 5.41) is 0. The predicted molar refractivity (Wildman–Crippen MR) is 85.3 cm³/mol.